The zero-order chi connectivity index (χ0) is 33.0. The summed E-state index contributed by atoms with van der Waals surface area (Å²) in [5, 5.41) is 4.62. The first kappa shape index (κ1) is 28.6. The van der Waals surface area contributed by atoms with Crippen LogP contribution in [0.4, 0.5) is 0 Å². The molecule has 5 heteroatoms. The number of pyridine rings is 1. The van der Waals surface area contributed by atoms with Crippen LogP contribution in [-0.2, 0) is 0 Å². The molecule has 0 amide bonds. The molecule has 6 aromatic carbocycles. The third kappa shape index (κ3) is 4.79. The van der Waals surface area contributed by atoms with Crippen LogP contribution in [0.2, 0.25) is 0 Å². The van der Waals surface area contributed by atoms with E-state index in [0.717, 1.165) is 72.3 Å². The molecular formula is C45H27N3OS. The van der Waals surface area contributed by atoms with Gasteiger partial charge >= 0.3 is 0 Å². The molecule has 10 rings (SSSR count). The number of rotatable bonds is 5. The maximum absolute atomic E-state index is 6.70. The second-order valence-corrected chi connectivity index (χ2v) is 13.5. The van der Waals surface area contributed by atoms with Crippen LogP contribution in [0.25, 0.3) is 98.3 Å². The summed E-state index contributed by atoms with van der Waals surface area (Å²) in [6.45, 7) is 0. The molecule has 0 N–H and O–H groups in total. The van der Waals surface area contributed by atoms with Crippen LogP contribution in [0, 0.1) is 0 Å². The third-order valence-electron chi connectivity index (χ3n) is 9.45. The topological polar surface area (TPSA) is 51.8 Å². The van der Waals surface area contributed by atoms with E-state index < -0.39 is 0 Å². The molecule has 50 heavy (non-hydrogen) atoms. The van der Waals surface area contributed by atoms with Crippen LogP contribution >= 0.6 is 11.3 Å². The van der Waals surface area contributed by atoms with Crippen molar-refractivity contribution in [2.75, 3.05) is 0 Å². The second-order valence-electron chi connectivity index (χ2n) is 12.4. The number of nitrogens with zero attached hydrogens (tertiary/aromatic N) is 3. The summed E-state index contributed by atoms with van der Waals surface area (Å²) in [4.78, 5) is 14.6. The Morgan fingerprint density at radius 2 is 1.06 bits per heavy atom. The molecule has 0 atom stereocenters. The predicted molar refractivity (Wildman–Crippen MR) is 207 cm³/mol. The van der Waals surface area contributed by atoms with Gasteiger partial charge in [-0.15, -0.1) is 11.3 Å². The molecule has 0 aliphatic carbocycles. The summed E-state index contributed by atoms with van der Waals surface area (Å²) in [7, 11) is 0. The van der Waals surface area contributed by atoms with Crippen molar-refractivity contribution < 1.29 is 4.42 Å². The Balaban J connectivity index is 1.17. The highest BCUT2D eigenvalue weighted by atomic mass is 32.1. The summed E-state index contributed by atoms with van der Waals surface area (Å²) < 4.78 is 9.25. The van der Waals surface area contributed by atoms with E-state index in [-0.39, 0.29) is 0 Å². The number of hydrogen-bond donors (Lipinski definition) is 0. The summed E-state index contributed by atoms with van der Waals surface area (Å²) in [6.07, 6.45) is 3.64. The Morgan fingerprint density at radius 3 is 1.88 bits per heavy atom. The monoisotopic (exact) mass is 657 g/mol. The molecule has 4 heterocycles. The van der Waals surface area contributed by atoms with Crippen LogP contribution in [0.3, 0.4) is 0 Å². The van der Waals surface area contributed by atoms with Crippen LogP contribution in [0.15, 0.2) is 168 Å². The van der Waals surface area contributed by atoms with Gasteiger partial charge in [-0.3, -0.25) is 4.98 Å². The zero-order valence-electron chi connectivity index (χ0n) is 26.7. The molecule has 0 saturated heterocycles. The lowest BCUT2D eigenvalue weighted by Crippen LogP contribution is -1.97. The van der Waals surface area contributed by atoms with Crippen molar-refractivity contribution in [2.24, 2.45) is 0 Å². The number of furan rings is 1. The fraction of sp³-hybridized carbons (Fsp3) is 0. The van der Waals surface area contributed by atoms with Crippen LogP contribution in [0.1, 0.15) is 0 Å². The van der Waals surface area contributed by atoms with Crippen LogP contribution in [-0.4, -0.2) is 15.0 Å². The summed E-state index contributed by atoms with van der Waals surface area (Å²) >= 11 is 1.83. The molecule has 0 aliphatic heterocycles. The van der Waals surface area contributed by atoms with E-state index in [9.17, 15) is 0 Å². The number of hydrogen-bond acceptors (Lipinski definition) is 5. The predicted octanol–water partition coefficient (Wildman–Crippen LogP) is 12.5. The molecule has 0 aliphatic rings. The maximum Gasteiger partial charge on any atom is 0.161 e. The van der Waals surface area contributed by atoms with Gasteiger partial charge in [0.25, 0.3) is 0 Å². The van der Waals surface area contributed by atoms with Crippen molar-refractivity contribution in [3.8, 4) is 56.2 Å². The average molecular weight is 658 g/mol. The molecule has 0 bridgehead atoms. The number of para-hydroxylation sites is 1. The normalized spacial score (nSPS) is 11.6. The highest BCUT2D eigenvalue weighted by molar-refractivity contribution is 7.25. The van der Waals surface area contributed by atoms with Gasteiger partial charge in [0.2, 0.25) is 0 Å². The Kier molecular flexibility index (Phi) is 6.64. The fourth-order valence-corrected chi connectivity index (χ4v) is 8.13. The maximum atomic E-state index is 6.70. The number of thiophene rings is 1. The van der Waals surface area contributed by atoms with E-state index in [1.165, 1.54) is 20.2 Å². The first-order valence-electron chi connectivity index (χ1n) is 16.6. The minimum atomic E-state index is 0.655. The van der Waals surface area contributed by atoms with Gasteiger partial charge in [0, 0.05) is 65.6 Å². The molecule has 4 aromatic heterocycles. The fourth-order valence-electron chi connectivity index (χ4n) is 6.99. The van der Waals surface area contributed by atoms with Gasteiger partial charge in [-0.2, -0.15) is 0 Å². The molecule has 0 fully saturated rings. The Hall–Kier alpha value is -6.43. The van der Waals surface area contributed by atoms with Gasteiger partial charge in [0.05, 0.1) is 11.4 Å². The van der Waals surface area contributed by atoms with E-state index in [0.29, 0.717) is 5.82 Å². The summed E-state index contributed by atoms with van der Waals surface area (Å²) in [6, 6.07) is 52.9. The van der Waals surface area contributed by atoms with E-state index >= 15 is 0 Å². The van der Waals surface area contributed by atoms with Gasteiger partial charge in [0.1, 0.15) is 11.2 Å². The van der Waals surface area contributed by atoms with E-state index in [4.69, 9.17) is 14.4 Å². The van der Waals surface area contributed by atoms with Gasteiger partial charge in [-0.25, -0.2) is 9.97 Å². The molecular weight excluding hydrogens is 631 g/mol. The van der Waals surface area contributed by atoms with Crippen molar-refractivity contribution in [3.05, 3.63) is 164 Å². The van der Waals surface area contributed by atoms with E-state index in [1.807, 2.05) is 66.2 Å². The first-order chi connectivity index (χ1) is 24.8. The smallest absolute Gasteiger partial charge is 0.161 e. The second kappa shape index (κ2) is 11.6. The standard InChI is InChI=1S/C45H27N3OS/c1-2-8-30(9-3-1)38-27-39(31-16-14-28(15-17-31)29-22-24-46-25-23-29)48-45(47-38)37-21-20-33(44-43(37)36-11-4-6-12-40(36)49-44)32-18-19-35-34-10-5-7-13-41(34)50-42(35)26-32/h1-27H. The lowest BCUT2D eigenvalue weighted by molar-refractivity contribution is 0.670. The number of fused-ring (bicyclic) bond motifs is 6. The lowest BCUT2D eigenvalue weighted by atomic mass is 9.97. The quantitative estimate of drug-likeness (QED) is 0.185. The van der Waals surface area contributed by atoms with Gasteiger partial charge in [-0.05, 0) is 65.2 Å². The Bertz CT molecular complexity index is 2860. The number of benzene rings is 6. The molecule has 10 aromatic rings. The first-order valence-corrected chi connectivity index (χ1v) is 17.4. The van der Waals surface area contributed by atoms with Crippen LogP contribution < -0.4 is 0 Å². The van der Waals surface area contributed by atoms with Gasteiger partial charge in [-0.1, -0.05) is 103 Å². The largest absolute Gasteiger partial charge is 0.455 e. The lowest BCUT2D eigenvalue weighted by Gasteiger charge is -2.12. The molecule has 0 radical (unpaired) electrons. The SMILES string of the molecule is c1ccc(-c2cc(-c3ccc(-c4ccncc4)cc3)nc(-c3ccc(-c4ccc5c(c4)sc4ccccc45)c4oc5ccccc5c34)n2)cc1. The molecule has 0 spiro atoms. The zero-order valence-corrected chi connectivity index (χ0v) is 27.6. The van der Waals surface area contributed by atoms with Crippen LogP contribution in [0.5, 0.6) is 0 Å². The average Bonchev–Trinajstić information content (AvgIpc) is 3.77. The molecule has 0 saturated carbocycles. The van der Waals surface area contributed by atoms with Crippen molar-refractivity contribution in [3.63, 3.8) is 0 Å². The Morgan fingerprint density at radius 1 is 0.440 bits per heavy atom. The molecule has 4 nitrogen and oxygen atoms in total. The Labute approximate surface area is 292 Å². The third-order valence-corrected chi connectivity index (χ3v) is 10.6. The molecule has 234 valence electrons. The highest BCUT2D eigenvalue weighted by Gasteiger charge is 2.20. The van der Waals surface area contributed by atoms with Crippen molar-refractivity contribution in [1.82, 2.24) is 15.0 Å². The highest BCUT2D eigenvalue weighted by Crippen LogP contribution is 2.43. The van der Waals surface area contributed by atoms with E-state index in [2.05, 4.69) is 114 Å². The molecule has 0 unspecified atom stereocenters. The van der Waals surface area contributed by atoms with Gasteiger partial charge < -0.3 is 4.42 Å². The van der Waals surface area contributed by atoms with Crippen molar-refractivity contribution in [1.29, 1.82) is 0 Å². The van der Waals surface area contributed by atoms with Crippen molar-refractivity contribution in [2.45, 2.75) is 0 Å². The summed E-state index contributed by atoms with van der Waals surface area (Å²) in [5.41, 5.74) is 10.8. The minimum Gasteiger partial charge on any atom is -0.455 e. The van der Waals surface area contributed by atoms with Crippen molar-refractivity contribution >= 4 is 53.4 Å². The number of aromatic nitrogens is 3. The van der Waals surface area contributed by atoms with E-state index in [1.54, 1.807) is 0 Å². The van der Waals surface area contributed by atoms with Gasteiger partial charge in [0.15, 0.2) is 5.82 Å². The summed E-state index contributed by atoms with van der Waals surface area (Å²) in [5.74, 6) is 0.655. The minimum absolute atomic E-state index is 0.655.